The molecule has 1 saturated heterocycles. The zero-order valence-electron chi connectivity index (χ0n) is 10.0. The highest BCUT2D eigenvalue weighted by molar-refractivity contribution is 7.91. The molecule has 1 fully saturated rings. The van der Waals surface area contributed by atoms with Crippen LogP contribution in [0.1, 0.15) is 18.5 Å². The Hall–Kier alpha value is -1.07. The van der Waals surface area contributed by atoms with Crippen molar-refractivity contribution < 1.29 is 13.2 Å². The standard InChI is InChI=1S/C12H17NO3S/c1-9-7-17(14,15)8-11(13-9)10-5-3-4-6-12(10)16-2/h3-6,9,11,13H,7-8H2,1-2H3. The first kappa shape index (κ1) is 12.4. The maximum absolute atomic E-state index is 11.8. The first-order valence-electron chi connectivity index (χ1n) is 5.61. The zero-order chi connectivity index (χ0) is 12.5. The summed E-state index contributed by atoms with van der Waals surface area (Å²) in [6, 6.07) is 7.32. The predicted octanol–water partition coefficient (Wildman–Crippen LogP) is 1.14. The lowest BCUT2D eigenvalue weighted by Crippen LogP contribution is -2.45. The molecule has 0 radical (unpaired) electrons. The smallest absolute Gasteiger partial charge is 0.153 e. The second-order valence-corrected chi connectivity index (χ2v) is 6.59. The van der Waals surface area contributed by atoms with Crippen LogP contribution in [-0.4, -0.2) is 33.1 Å². The van der Waals surface area contributed by atoms with Gasteiger partial charge < -0.3 is 10.1 Å². The third-order valence-corrected chi connectivity index (χ3v) is 4.77. The Morgan fingerprint density at radius 1 is 1.29 bits per heavy atom. The number of benzene rings is 1. The molecular formula is C12H17NO3S. The third kappa shape index (κ3) is 2.79. The topological polar surface area (TPSA) is 55.4 Å². The Morgan fingerprint density at radius 2 is 2.00 bits per heavy atom. The van der Waals surface area contributed by atoms with Crippen molar-refractivity contribution in [2.24, 2.45) is 0 Å². The summed E-state index contributed by atoms with van der Waals surface area (Å²) in [5.41, 5.74) is 0.908. The van der Waals surface area contributed by atoms with E-state index in [4.69, 9.17) is 4.74 Å². The minimum absolute atomic E-state index is 0.0244. The van der Waals surface area contributed by atoms with Crippen molar-refractivity contribution in [3.05, 3.63) is 29.8 Å². The monoisotopic (exact) mass is 255 g/mol. The lowest BCUT2D eigenvalue weighted by atomic mass is 10.1. The maximum Gasteiger partial charge on any atom is 0.153 e. The molecule has 2 unspecified atom stereocenters. The van der Waals surface area contributed by atoms with Crippen molar-refractivity contribution >= 4 is 9.84 Å². The number of rotatable bonds is 2. The van der Waals surface area contributed by atoms with Crippen molar-refractivity contribution in [1.29, 1.82) is 0 Å². The average molecular weight is 255 g/mol. The molecule has 0 amide bonds. The first-order chi connectivity index (χ1) is 8.02. The van der Waals surface area contributed by atoms with Gasteiger partial charge in [0.1, 0.15) is 5.75 Å². The van der Waals surface area contributed by atoms with E-state index in [1.807, 2.05) is 31.2 Å². The van der Waals surface area contributed by atoms with E-state index in [2.05, 4.69) is 5.32 Å². The van der Waals surface area contributed by atoms with Crippen molar-refractivity contribution in [1.82, 2.24) is 5.32 Å². The van der Waals surface area contributed by atoms with Gasteiger partial charge in [-0.1, -0.05) is 18.2 Å². The molecule has 4 nitrogen and oxygen atoms in total. The summed E-state index contributed by atoms with van der Waals surface area (Å²) in [7, 11) is -1.38. The van der Waals surface area contributed by atoms with Gasteiger partial charge in [0.25, 0.3) is 0 Å². The molecule has 17 heavy (non-hydrogen) atoms. The van der Waals surface area contributed by atoms with E-state index < -0.39 is 9.84 Å². The summed E-state index contributed by atoms with van der Waals surface area (Å²) in [5.74, 6) is 1.07. The van der Waals surface area contributed by atoms with Crippen LogP contribution in [0.25, 0.3) is 0 Å². The Labute approximate surface area is 102 Å². The van der Waals surface area contributed by atoms with Crippen molar-refractivity contribution in [3.8, 4) is 5.75 Å². The van der Waals surface area contributed by atoms with Crippen LogP contribution in [-0.2, 0) is 9.84 Å². The van der Waals surface area contributed by atoms with Gasteiger partial charge >= 0.3 is 0 Å². The lowest BCUT2D eigenvalue weighted by Gasteiger charge is -2.29. The van der Waals surface area contributed by atoms with Gasteiger partial charge in [0.2, 0.25) is 0 Å². The van der Waals surface area contributed by atoms with Crippen molar-refractivity contribution in [2.75, 3.05) is 18.6 Å². The Kier molecular flexibility index (Phi) is 3.40. The van der Waals surface area contributed by atoms with Crippen LogP contribution >= 0.6 is 0 Å². The number of para-hydroxylation sites is 1. The summed E-state index contributed by atoms with van der Waals surface area (Å²) in [6.45, 7) is 1.89. The van der Waals surface area contributed by atoms with Gasteiger partial charge in [0.15, 0.2) is 9.84 Å². The number of sulfone groups is 1. The SMILES string of the molecule is COc1ccccc1C1CS(=O)(=O)CC(C)N1. The predicted molar refractivity (Wildman–Crippen MR) is 67.0 cm³/mol. The van der Waals surface area contributed by atoms with Crippen LogP contribution in [0, 0.1) is 0 Å². The molecule has 2 rings (SSSR count). The molecule has 1 aliphatic rings. The van der Waals surface area contributed by atoms with Gasteiger partial charge in [-0.05, 0) is 13.0 Å². The number of ether oxygens (including phenoxy) is 1. The molecule has 1 aliphatic heterocycles. The molecule has 0 bridgehead atoms. The van der Waals surface area contributed by atoms with Crippen LogP contribution < -0.4 is 10.1 Å². The highest BCUT2D eigenvalue weighted by Crippen LogP contribution is 2.28. The van der Waals surface area contributed by atoms with Gasteiger partial charge in [-0.3, -0.25) is 0 Å². The summed E-state index contributed by atoms with van der Waals surface area (Å²) >= 11 is 0. The maximum atomic E-state index is 11.8. The molecule has 2 atom stereocenters. The lowest BCUT2D eigenvalue weighted by molar-refractivity contribution is 0.394. The average Bonchev–Trinajstić information content (AvgIpc) is 2.26. The van der Waals surface area contributed by atoms with E-state index in [1.54, 1.807) is 7.11 Å². The Morgan fingerprint density at radius 3 is 2.65 bits per heavy atom. The van der Waals surface area contributed by atoms with E-state index in [0.717, 1.165) is 11.3 Å². The van der Waals surface area contributed by atoms with Gasteiger partial charge in [0, 0.05) is 11.6 Å². The minimum atomic E-state index is -2.97. The third-order valence-electron chi connectivity index (χ3n) is 2.92. The number of methoxy groups -OCH3 is 1. The fourth-order valence-corrected chi connectivity index (χ4v) is 4.05. The van der Waals surface area contributed by atoms with Crippen LogP contribution in [0.2, 0.25) is 0 Å². The summed E-state index contributed by atoms with van der Waals surface area (Å²) in [5, 5.41) is 3.30. The fraction of sp³-hybridized carbons (Fsp3) is 0.500. The van der Waals surface area contributed by atoms with Gasteiger partial charge in [0.05, 0.1) is 24.7 Å². The van der Waals surface area contributed by atoms with Gasteiger partial charge in [-0.15, -0.1) is 0 Å². The van der Waals surface area contributed by atoms with Gasteiger partial charge in [-0.2, -0.15) is 0 Å². The molecule has 1 aromatic rings. The Balaban J connectivity index is 2.33. The fourth-order valence-electron chi connectivity index (χ4n) is 2.28. The summed E-state index contributed by atoms with van der Waals surface area (Å²) in [6.07, 6.45) is 0. The molecule has 1 heterocycles. The number of hydrogen-bond acceptors (Lipinski definition) is 4. The summed E-state index contributed by atoms with van der Waals surface area (Å²) in [4.78, 5) is 0. The van der Waals surface area contributed by atoms with Crippen LogP contribution in [0.15, 0.2) is 24.3 Å². The largest absolute Gasteiger partial charge is 0.496 e. The number of nitrogens with one attached hydrogen (secondary N) is 1. The minimum Gasteiger partial charge on any atom is -0.496 e. The highest BCUT2D eigenvalue weighted by Gasteiger charge is 2.31. The molecule has 0 aliphatic carbocycles. The quantitative estimate of drug-likeness (QED) is 0.861. The second kappa shape index (κ2) is 4.66. The van der Waals surface area contributed by atoms with E-state index in [-0.39, 0.29) is 23.6 Å². The molecule has 1 aromatic carbocycles. The van der Waals surface area contributed by atoms with E-state index >= 15 is 0 Å². The molecule has 0 spiro atoms. The normalized spacial score (nSPS) is 27.6. The van der Waals surface area contributed by atoms with Crippen LogP contribution in [0.3, 0.4) is 0 Å². The van der Waals surface area contributed by atoms with Crippen LogP contribution in [0.5, 0.6) is 5.75 Å². The first-order valence-corrected chi connectivity index (χ1v) is 7.43. The van der Waals surface area contributed by atoms with E-state index in [1.165, 1.54) is 0 Å². The molecule has 1 N–H and O–H groups in total. The van der Waals surface area contributed by atoms with Gasteiger partial charge in [-0.25, -0.2) is 8.42 Å². The second-order valence-electron chi connectivity index (χ2n) is 4.44. The summed E-state index contributed by atoms with van der Waals surface area (Å²) < 4.78 is 28.8. The molecule has 5 heteroatoms. The molecule has 94 valence electrons. The van der Waals surface area contributed by atoms with E-state index in [9.17, 15) is 8.42 Å². The van der Waals surface area contributed by atoms with Crippen molar-refractivity contribution in [3.63, 3.8) is 0 Å². The zero-order valence-corrected chi connectivity index (χ0v) is 10.8. The molecular weight excluding hydrogens is 238 g/mol. The number of hydrogen-bond donors (Lipinski definition) is 1. The molecule has 0 saturated carbocycles. The van der Waals surface area contributed by atoms with E-state index in [0.29, 0.717) is 0 Å². The Bertz CT molecular complexity index is 498. The van der Waals surface area contributed by atoms with Crippen molar-refractivity contribution in [2.45, 2.75) is 19.0 Å². The highest BCUT2D eigenvalue weighted by atomic mass is 32.2. The van der Waals surface area contributed by atoms with Crippen LogP contribution in [0.4, 0.5) is 0 Å². The molecule has 0 aromatic heterocycles.